The molecule has 25 heavy (non-hydrogen) atoms. The molecule has 0 fully saturated rings. The summed E-state index contributed by atoms with van der Waals surface area (Å²) in [6.07, 6.45) is 0. The van der Waals surface area contributed by atoms with Gasteiger partial charge in [0.15, 0.2) is 0 Å². The van der Waals surface area contributed by atoms with E-state index in [0.29, 0.717) is 0 Å². The molecule has 2 aromatic rings. The van der Waals surface area contributed by atoms with Crippen molar-refractivity contribution >= 4 is 23.9 Å². The summed E-state index contributed by atoms with van der Waals surface area (Å²) in [5, 5.41) is 36.3. The Labute approximate surface area is 150 Å². The number of carbonyl (C=O) groups is 4. The minimum absolute atomic E-state index is 0. The quantitative estimate of drug-likeness (QED) is 0.564. The van der Waals surface area contributed by atoms with Crippen LogP contribution >= 0.6 is 0 Å². The molecule has 9 heteroatoms. The van der Waals surface area contributed by atoms with Crippen molar-refractivity contribution in [1.82, 2.24) is 0 Å². The molecule has 0 spiro atoms. The van der Waals surface area contributed by atoms with Crippen molar-refractivity contribution in [2.45, 2.75) is 0 Å². The predicted octanol–water partition coefficient (Wildman–Crippen LogP) is 2.14. The zero-order valence-corrected chi connectivity index (χ0v) is 13.1. The minimum atomic E-state index is -1.37. The summed E-state index contributed by atoms with van der Waals surface area (Å²) in [4.78, 5) is 44.5. The average molecular weight is 394 g/mol. The van der Waals surface area contributed by atoms with Crippen LogP contribution in [0.25, 0.3) is 11.1 Å². The summed E-state index contributed by atoms with van der Waals surface area (Å²) < 4.78 is 0. The molecule has 0 amide bonds. The molecule has 0 saturated heterocycles. The van der Waals surface area contributed by atoms with Gasteiger partial charge in [-0.2, -0.15) is 0 Å². The second-order valence-corrected chi connectivity index (χ2v) is 4.82. The summed E-state index contributed by atoms with van der Waals surface area (Å²) in [5.41, 5.74) is -1.11. The minimum Gasteiger partial charge on any atom is -0.478 e. The van der Waals surface area contributed by atoms with Crippen LogP contribution < -0.4 is 0 Å². The van der Waals surface area contributed by atoms with Crippen molar-refractivity contribution < 1.29 is 56.7 Å². The van der Waals surface area contributed by atoms with Gasteiger partial charge in [-0.25, -0.2) is 19.2 Å². The standard InChI is InChI=1S/C16H10O8.Cu/c17-13(18)9-1-7(2-10(5-9)14(19)20)8-3-11(15(21)22)6-12(4-8)16(23)24;/h1-6H,(H,17,18)(H,19,20)(H,21,22)(H,23,24);. The molecule has 4 N–H and O–H groups in total. The normalized spacial score (nSPS) is 9.76. The number of hydrogen-bond donors (Lipinski definition) is 4. The molecule has 0 aliphatic carbocycles. The first kappa shape index (κ1) is 19.9. The van der Waals surface area contributed by atoms with Crippen LogP contribution in [0.15, 0.2) is 36.4 Å². The number of benzene rings is 2. The van der Waals surface area contributed by atoms with E-state index in [4.69, 9.17) is 20.4 Å². The van der Waals surface area contributed by atoms with E-state index >= 15 is 0 Å². The molecular formula is C16H10CuO8. The molecule has 0 aliphatic rings. The maximum atomic E-state index is 11.1. The summed E-state index contributed by atoms with van der Waals surface area (Å²) in [5.74, 6) is -5.47. The average Bonchev–Trinajstić information content (AvgIpc) is 2.53. The van der Waals surface area contributed by atoms with Crippen LogP contribution in [0.2, 0.25) is 0 Å². The molecule has 0 unspecified atom stereocenters. The van der Waals surface area contributed by atoms with Crippen LogP contribution in [0.4, 0.5) is 0 Å². The van der Waals surface area contributed by atoms with Crippen LogP contribution in [-0.2, 0) is 17.1 Å². The maximum absolute atomic E-state index is 11.1. The van der Waals surface area contributed by atoms with Gasteiger partial charge in [0.25, 0.3) is 0 Å². The monoisotopic (exact) mass is 393 g/mol. The molecular weight excluding hydrogens is 384 g/mol. The second kappa shape index (κ2) is 7.61. The molecule has 8 nitrogen and oxygen atoms in total. The zero-order chi connectivity index (χ0) is 18.0. The SMILES string of the molecule is O=C(O)c1cc(C(=O)O)cc(-c2cc(C(=O)O)cc(C(=O)O)c2)c1.[Cu]. The molecule has 133 valence electrons. The first-order valence-corrected chi connectivity index (χ1v) is 6.43. The summed E-state index contributed by atoms with van der Waals surface area (Å²) in [6.45, 7) is 0. The Balaban J connectivity index is 0.00000312. The van der Waals surface area contributed by atoms with Crippen LogP contribution in [0.1, 0.15) is 41.4 Å². The summed E-state index contributed by atoms with van der Waals surface area (Å²) in [7, 11) is 0. The van der Waals surface area contributed by atoms with E-state index in [0.717, 1.165) is 36.4 Å². The first-order chi connectivity index (χ1) is 11.2. The van der Waals surface area contributed by atoms with Gasteiger partial charge in [0.05, 0.1) is 22.3 Å². The van der Waals surface area contributed by atoms with Gasteiger partial charge in [-0.05, 0) is 47.5 Å². The van der Waals surface area contributed by atoms with Crippen molar-refractivity contribution in [2.24, 2.45) is 0 Å². The van der Waals surface area contributed by atoms with E-state index < -0.39 is 23.9 Å². The molecule has 0 atom stereocenters. The Morgan fingerprint density at radius 3 is 0.840 bits per heavy atom. The van der Waals surface area contributed by atoms with E-state index in [1.54, 1.807) is 0 Å². The van der Waals surface area contributed by atoms with Crippen molar-refractivity contribution in [3.63, 3.8) is 0 Å². The molecule has 2 aromatic carbocycles. The topological polar surface area (TPSA) is 149 Å². The third kappa shape index (κ3) is 4.43. The van der Waals surface area contributed by atoms with E-state index in [2.05, 4.69) is 0 Å². The van der Waals surface area contributed by atoms with Gasteiger partial charge in [0.1, 0.15) is 0 Å². The molecule has 0 bridgehead atoms. The third-order valence-corrected chi connectivity index (χ3v) is 3.19. The van der Waals surface area contributed by atoms with Gasteiger partial charge in [-0.3, -0.25) is 0 Å². The van der Waals surface area contributed by atoms with Gasteiger partial charge in [-0.1, -0.05) is 0 Å². The van der Waals surface area contributed by atoms with E-state index in [-0.39, 0.29) is 50.4 Å². The van der Waals surface area contributed by atoms with Gasteiger partial charge >= 0.3 is 23.9 Å². The second-order valence-electron chi connectivity index (χ2n) is 4.82. The van der Waals surface area contributed by atoms with Crippen molar-refractivity contribution in [3.05, 3.63) is 58.7 Å². The third-order valence-electron chi connectivity index (χ3n) is 3.19. The van der Waals surface area contributed by atoms with Crippen molar-refractivity contribution in [1.29, 1.82) is 0 Å². The smallest absolute Gasteiger partial charge is 0.335 e. The molecule has 0 heterocycles. The molecule has 0 aliphatic heterocycles. The largest absolute Gasteiger partial charge is 0.478 e. The fourth-order valence-corrected chi connectivity index (χ4v) is 2.08. The molecule has 2 rings (SSSR count). The van der Waals surface area contributed by atoms with Crippen molar-refractivity contribution in [3.8, 4) is 11.1 Å². The van der Waals surface area contributed by atoms with Gasteiger partial charge in [0.2, 0.25) is 0 Å². The number of carboxylic acid groups (broad SMARTS) is 4. The first-order valence-electron chi connectivity index (χ1n) is 6.43. The Morgan fingerprint density at radius 1 is 0.480 bits per heavy atom. The number of hydrogen-bond acceptors (Lipinski definition) is 4. The summed E-state index contributed by atoms with van der Waals surface area (Å²) >= 11 is 0. The van der Waals surface area contributed by atoms with Gasteiger partial charge in [-0.15, -0.1) is 0 Å². The van der Waals surface area contributed by atoms with Crippen molar-refractivity contribution in [2.75, 3.05) is 0 Å². The van der Waals surface area contributed by atoms with Crippen LogP contribution in [0.3, 0.4) is 0 Å². The summed E-state index contributed by atoms with van der Waals surface area (Å²) in [6, 6.07) is 6.46. The van der Waals surface area contributed by atoms with Crippen LogP contribution in [0.5, 0.6) is 0 Å². The Morgan fingerprint density at radius 2 is 0.680 bits per heavy atom. The Kier molecular flexibility index (Phi) is 6.05. The molecule has 1 radical (unpaired) electrons. The fourth-order valence-electron chi connectivity index (χ4n) is 2.08. The van der Waals surface area contributed by atoms with Gasteiger partial charge in [0, 0.05) is 17.1 Å². The molecule has 0 saturated carbocycles. The van der Waals surface area contributed by atoms with E-state index in [1.807, 2.05) is 0 Å². The Hall–Kier alpha value is -3.16. The van der Waals surface area contributed by atoms with Crippen LogP contribution in [0, 0.1) is 0 Å². The molecule has 0 aromatic heterocycles. The number of aromatic carboxylic acids is 4. The van der Waals surface area contributed by atoms with E-state index in [1.165, 1.54) is 0 Å². The van der Waals surface area contributed by atoms with Crippen LogP contribution in [-0.4, -0.2) is 44.3 Å². The maximum Gasteiger partial charge on any atom is 0.335 e. The number of rotatable bonds is 5. The van der Waals surface area contributed by atoms with E-state index in [9.17, 15) is 19.2 Å². The van der Waals surface area contributed by atoms with Gasteiger partial charge < -0.3 is 20.4 Å². The predicted molar refractivity (Wildman–Crippen MR) is 79.7 cm³/mol. The Bertz CT molecular complexity index is 750. The zero-order valence-electron chi connectivity index (χ0n) is 12.2. The number of carboxylic acids is 4. The fraction of sp³-hybridized carbons (Fsp3) is 0.